The number of hydrogen-bond donors (Lipinski definition) is 0. The van der Waals surface area contributed by atoms with Crippen LogP contribution in [0.15, 0.2) is 28.7 Å². The van der Waals surface area contributed by atoms with Gasteiger partial charge in [-0.3, -0.25) is 0 Å². The quantitative estimate of drug-likeness (QED) is 0.804. The van der Waals surface area contributed by atoms with E-state index in [1.807, 2.05) is 24.3 Å². The number of hydrogen-bond acceptors (Lipinski definition) is 3. The van der Waals surface area contributed by atoms with Gasteiger partial charge in [0, 0.05) is 16.6 Å². The minimum absolute atomic E-state index is 0.559. The van der Waals surface area contributed by atoms with Crippen molar-refractivity contribution in [3.05, 3.63) is 34.6 Å². The summed E-state index contributed by atoms with van der Waals surface area (Å²) in [5, 5.41) is 8.35. The SMILES string of the molecule is Brc1ccc(-c2nnc3n2CCOC3)cc1. The topological polar surface area (TPSA) is 39.9 Å². The van der Waals surface area contributed by atoms with Gasteiger partial charge in [-0.1, -0.05) is 28.1 Å². The third-order valence-electron chi connectivity index (χ3n) is 2.62. The minimum Gasteiger partial charge on any atom is -0.372 e. The second-order valence-corrected chi connectivity index (χ2v) is 4.57. The lowest BCUT2D eigenvalue weighted by Crippen LogP contribution is -2.17. The minimum atomic E-state index is 0.559. The molecule has 1 aromatic carbocycles. The fourth-order valence-corrected chi connectivity index (χ4v) is 2.07. The molecule has 0 saturated carbocycles. The van der Waals surface area contributed by atoms with E-state index in [0.29, 0.717) is 6.61 Å². The van der Waals surface area contributed by atoms with Crippen molar-refractivity contribution < 1.29 is 4.74 Å². The number of ether oxygens (including phenoxy) is 1. The molecule has 0 atom stereocenters. The van der Waals surface area contributed by atoms with Crippen LogP contribution in [0.3, 0.4) is 0 Å². The van der Waals surface area contributed by atoms with Crippen LogP contribution in [-0.4, -0.2) is 21.4 Å². The first kappa shape index (κ1) is 9.99. The van der Waals surface area contributed by atoms with Crippen molar-refractivity contribution in [3.63, 3.8) is 0 Å². The van der Waals surface area contributed by atoms with E-state index in [2.05, 4.69) is 30.7 Å². The van der Waals surface area contributed by atoms with Gasteiger partial charge in [-0.25, -0.2) is 0 Å². The normalized spacial score (nSPS) is 14.8. The molecule has 2 aromatic rings. The molecule has 0 radical (unpaired) electrons. The summed E-state index contributed by atoms with van der Waals surface area (Å²) < 4.78 is 8.52. The highest BCUT2D eigenvalue weighted by atomic mass is 79.9. The summed E-state index contributed by atoms with van der Waals surface area (Å²) in [5.41, 5.74) is 1.09. The van der Waals surface area contributed by atoms with Crippen molar-refractivity contribution >= 4 is 15.9 Å². The van der Waals surface area contributed by atoms with Gasteiger partial charge in [0.15, 0.2) is 11.6 Å². The molecule has 1 aliphatic rings. The van der Waals surface area contributed by atoms with E-state index in [4.69, 9.17) is 4.74 Å². The van der Waals surface area contributed by atoms with Gasteiger partial charge in [0.1, 0.15) is 6.61 Å². The van der Waals surface area contributed by atoms with Crippen molar-refractivity contribution in [3.8, 4) is 11.4 Å². The Balaban J connectivity index is 2.06. The van der Waals surface area contributed by atoms with E-state index in [-0.39, 0.29) is 0 Å². The van der Waals surface area contributed by atoms with Gasteiger partial charge >= 0.3 is 0 Å². The van der Waals surface area contributed by atoms with Crippen molar-refractivity contribution in [2.45, 2.75) is 13.2 Å². The third kappa shape index (κ3) is 1.66. The lowest BCUT2D eigenvalue weighted by atomic mass is 10.2. The standard InChI is InChI=1S/C11H10BrN3O/c12-9-3-1-8(2-4-9)11-14-13-10-7-16-6-5-15(10)11/h1-4H,5-7H2. The summed E-state index contributed by atoms with van der Waals surface area (Å²) >= 11 is 3.42. The van der Waals surface area contributed by atoms with Gasteiger partial charge in [-0.2, -0.15) is 0 Å². The Bertz CT molecular complexity index is 506. The summed E-state index contributed by atoms with van der Waals surface area (Å²) in [4.78, 5) is 0. The average molecular weight is 280 g/mol. The van der Waals surface area contributed by atoms with Crippen LogP contribution < -0.4 is 0 Å². The van der Waals surface area contributed by atoms with Gasteiger partial charge < -0.3 is 9.30 Å². The van der Waals surface area contributed by atoms with E-state index in [9.17, 15) is 0 Å². The molecule has 0 spiro atoms. The monoisotopic (exact) mass is 279 g/mol. The summed E-state index contributed by atoms with van der Waals surface area (Å²) in [6, 6.07) is 8.10. The van der Waals surface area contributed by atoms with Crippen molar-refractivity contribution in [2.24, 2.45) is 0 Å². The molecule has 5 heteroatoms. The molecule has 0 amide bonds. The molecule has 0 aliphatic carbocycles. The molecule has 82 valence electrons. The molecular weight excluding hydrogens is 270 g/mol. The van der Waals surface area contributed by atoms with Crippen LogP contribution in [0.5, 0.6) is 0 Å². The number of benzene rings is 1. The Kier molecular flexibility index (Phi) is 2.49. The van der Waals surface area contributed by atoms with E-state index in [1.54, 1.807) is 0 Å². The largest absolute Gasteiger partial charge is 0.372 e. The second-order valence-electron chi connectivity index (χ2n) is 3.65. The second kappa shape index (κ2) is 3.99. The van der Waals surface area contributed by atoms with Gasteiger partial charge in [-0.15, -0.1) is 10.2 Å². The molecule has 0 bridgehead atoms. The molecule has 2 heterocycles. The molecular formula is C11H10BrN3O. The molecule has 3 rings (SSSR count). The number of nitrogens with zero attached hydrogens (tertiary/aromatic N) is 3. The maximum atomic E-state index is 5.33. The zero-order valence-electron chi connectivity index (χ0n) is 8.56. The van der Waals surface area contributed by atoms with Gasteiger partial charge in [0.25, 0.3) is 0 Å². The summed E-state index contributed by atoms with van der Waals surface area (Å²) in [7, 11) is 0. The van der Waals surface area contributed by atoms with E-state index >= 15 is 0 Å². The van der Waals surface area contributed by atoms with Crippen molar-refractivity contribution in [1.29, 1.82) is 0 Å². The zero-order valence-corrected chi connectivity index (χ0v) is 10.1. The Morgan fingerprint density at radius 1 is 1.19 bits per heavy atom. The van der Waals surface area contributed by atoms with Crippen LogP contribution in [0.4, 0.5) is 0 Å². The number of aromatic nitrogens is 3. The number of rotatable bonds is 1. The molecule has 1 aliphatic heterocycles. The van der Waals surface area contributed by atoms with Crippen LogP contribution in [0.25, 0.3) is 11.4 Å². The maximum absolute atomic E-state index is 5.33. The lowest BCUT2D eigenvalue weighted by molar-refractivity contribution is 0.0821. The van der Waals surface area contributed by atoms with Gasteiger partial charge in [-0.05, 0) is 12.1 Å². The lowest BCUT2D eigenvalue weighted by Gasteiger charge is -2.15. The predicted octanol–water partition coefficient (Wildman–Crippen LogP) is 2.24. The molecule has 0 fully saturated rings. The number of fused-ring (bicyclic) bond motifs is 1. The highest BCUT2D eigenvalue weighted by molar-refractivity contribution is 9.10. The summed E-state index contributed by atoms with van der Waals surface area (Å²) in [5.74, 6) is 1.83. The van der Waals surface area contributed by atoms with Crippen LogP contribution in [0, 0.1) is 0 Å². The maximum Gasteiger partial charge on any atom is 0.164 e. The molecule has 0 unspecified atom stereocenters. The van der Waals surface area contributed by atoms with Crippen molar-refractivity contribution in [2.75, 3.05) is 6.61 Å². The fourth-order valence-electron chi connectivity index (χ4n) is 1.81. The average Bonchev–Trinajstić information content (AvgIpc) is 2.74. The first-order valence-electron chi connectivity index (χ1n) is 5.10. The molecule has 0 N–H and O–H groups in total. The van der Waals surface area contributed by atoms with Crippen LogP contribution in [0.1, 0.15) is 5.82 Å². The Labute approximate surface area is 101 Å². The highest BCUT2D eigenvalue weighted by Crippen LogP contribution is 2.22. The van der Waals surface area contributed by atoms with Gasteiger partial charge in [0.2, 0.25) is 0 Å². The summed E-state index contributed by atoms with van der Waals surface area (Å²) in [6.45, 7) is 2.12. The number of halogens is 1. The van der Waals surface area contributed by atoms with E-state index < -0.39 is 0 Å². The Morgan fingerprint density at radius 3 is 2.81 bits per heavy atom. The molecule has 0 saturated heterocycles. The smallest absolute Gasteiger partial charge is 0.164 e. The zero-order chi connectivity index (χ0) is 11.0. The van der Waals surface area contributed by atoms with Crippen molar-refractivity contribution in [1.82, 2.24) is 14.8 Å². The molecule has 4 nitrogen and oxygen atoms in total. The molecule has 1 aromatic heterocycles. The van der Waals surface area contributed by atoms with E-state index in [0.717, 1.165) is 34.8 Å². The Hall–Kier alpha value is -1.20. The molecule has 16 heavy (non-hydrogen) atoms. The summed E-state index contributed by atoms with van der Waals surface area (Å²) in [6.07, 6.45) is 0. The van der Waals surface area contributed by atoms with Crippen LogP contribution in [-0.2, 0) is 17.9 Å². The highest BCUT2D eigenvalue weighted by Gasteiger charge is 2.16. The van der Waals surface area contributed by atoms with Crippen LogP contribution in [0.2, 0.25) is 0 Å². The first-order valence-corrected chi connectivity index (χ1v) is 5.89. The third-order valence-corrected chi connectivity index (χ3v) is 3.15. The van der Waals surface area contributed by atoms with E-state index in [1.165, 1.54) is 0 Å². The van der Waals surface area contributed by atoms with Gasteiger partial charge in [0.05, 0.1) is 6.61 Å². The van der Waals surface area contributed by atoms with Crippen LogP contribution >= 0.6 is 15.9 Å². The predicted molar refractivity (Wildman–Crippen MR) is 62.8 cm³/mol. The fraction of sp³-hybridized carbons (Fsp3) is 0.273. The first-order chi connectivity index (χ1) is 7.84. The Morgan fingerprint density at radius 2 is 2.00 bits per heavy atom.